The highest BCUT2D eigenvalue weighted by atomic mass is 16.3. The van der Waals surface area contributed by atoms with Crippen molar-refractivity contribution in [3.8, 4) is 0 Å². The Bertz CT molecular complexity index is 546. The fourth-order valence-electron chi connectivity index (χ4n) is 2.91. The van der Waals surface area contributed by atoms with Gasteiger partial charge in [-0.05, 0) is 38.5 Å². The SMILES string of the molecule is CN(Cc1coc(Cc2ccccc2)n1)C1CCNCC1. The summed E-state index contributed by atoms with van der Waals surface area (Å²) in [5.74, 6) is 0.801. The summed E-state index contributed by atoms with van der Waals surface area (Å²) in [6.45, 7) is 3.10. The van der Waals surface area contributed by atoms with E-state index in [9.17, 15) is 0 Å². The van der Waals surface area contributed by atoms with Crippen LogP contribution in [0.4, 0.5) is 0 Å². The Hall–Kier alpha value is -1.65. The average molecular weight is 285 g/mol. The quantitative estimate of drug-likeness (QED) is 0.916. The molecular formula is C17H23N3O. The number of hydrogen-bond acceptors (Lipinski definition) is 4. The van der Waals surface area contributed by atoms with Crippen LogP contribution < -0.4 is 5.32 Å². The predicted molar refractivity (Wildman–Crippen MR) is 83.1 cm³/mol. The number of hydrogen-bond donors (Lipinski definition) is 1. The van der Waals surface area contributed by atoms with E-state index >= 15 is 0 Å². The summed E-state index contributed by atoms with van der Waals surface area (Å²) < 4.78 is 5.61. The number of piperidine rings is 1. The summed E-state index contributed by atoms with van der Waals surface area (Å²) >= 11 is 0. The van der Waals surface area contributed by atoms with Gasteiger partial charge in [-0.25, -0.2) is 4.98 Å². The van der Waals surface area contributed by atoms with Crippen molar-refractivity contribution in [2.75, 3.05) is 20.1 Å². The molecule has 1 N–H and O–H groups in total. The molecule has 3 rings (SSSR count). The van der Waals surface area contributed by atoms with Crippen LogP contribution in [-0.4, -0.2) is 36.1 Å². The van der Waals surface area contributed by atoms with Gasteiger partial charge in [0.05, 0.1) is 5.69 Å². The van der Waals surface area contributed by atoms with Gasteiger partial charge in [-0.2, -0.15) is 0 Å². The highest BCUT2D eigenvalue weighted by Crippen LogP contribution is 2.15. The van der Waals surface area contributed by atoms with E-state index in [1.54, 1.807) is 6.26 Å². The lowest BCUT2D eigenvalue weighted by Gasteiger charge is -2.30. The average Bonchev–Trinajstić information content (AvgIpc) is 2.96. The number of nitrogens with zero attached hydrogens (tertiary/aromatic N) is 2. The minimum atomic E-state index is 0.653. The topological polar surface area (TPSA) is 41.3 Å². The van der Waals surface area contributed by atoms with E-state index in [4.69, 9.17) is 4.42 Å². The monoisotopic (exact) mass is 285 g/mol. The maximum Gasteiger partial charge on any atom is 0.198 e. The van der Waals surface area contributed by atoms with Gasteiger partial charge in [0, 0.05) is 19.0 Å². The van der Waals surface area contributed by atoms with Crippen molar-refractivity contribution in [3.05, 3.63) is 53.7 Å². The number of benzene rings is 1. The van der Waals surface area contributed by atoms with Gasteiger partial charge >= 0.3 is 0 Å². The Balaban J connectivity index is 1.57. The molecule has 4 heteroatoms. The van der Waals surface area contributed by atoms with Crippen LogP contribution in [0.15, 0.2) is 41.0 Å². The van der Waals surface area contributed by atoms with Crippen LogP contribution in [0.3, 0.4) is 0 Å². The van der Waals surface area contributed by atoms with Crippen LogP contribution in [0.25, 0.3) is 0 Å². The first-order chi connectivity index (χ1) is 10.3. The Kier molecular flexibility index (Phi) is 4.68. The van der Waals surface area contributed by atoms with Crippen LogP contribution in [0.1, 0.15) is 30.0 Å². The minimum absolute atomic E-state index is 0.653. The number of oxazole rings is 1. The summed E-state index contributed by atoms with van der Waals surface area (Å²) in [5, 5.41) is 3.40. The van der Waals surface area contributed by atoms with Gasteiger partial charge in [0.25, 0.3) is 0 Å². The molecule has 112 valence electrons. The van der Waals surface area contributed by atoms with Crippen LogP contribution in [-0.2, 0) is 13.0 Å². The smallest absolute Gasteiger partial charge is 0.198 e. The maximum atomic E-state index is 5.61. The van der Waals surface area contributed by atoms with Crippen molar-refractivity contribution in [1.82, 2.24) is 15.2 Å². The number of aromatic nitrogens is 1. The van der Waals surface area contributed by atoms with Crippen LogP contribution in [0, 0.1) is 0 Å². The lowest BCUT2D eigenvalue weighted by Crippen LogP contribution is -2.40. The van der Waals surface area contributed by atoms with Crippen LogP contribution in [0.2, 0.25) is 0 Å². The maximum absolute atomic E-state index is 5.61. The minimum Gasteiger partial charge on any atom is -0.448 e. The molecule has 0 unspecified atom stereocenters. The zero-order chi connectivity index (χ0) is 14.5. The summed E-state index contributed by atoms with van der Waals surface area (Å²) in [5.41, 5.74) is 2.26. The van der Waals surface area contributed by atoms with Gasteiger partial charge in [0.1, 0.15) is 6.26 Å². The molecule has 2 heterocycles. The second kappa shape index (κ2) is 6.87. The van der Waals surface area contributed by atoms with E-state index < -0.39 is 0 Å². The summed E-state index contributed by atoms with van der Waals surface area (Å²) in [7, 11) is 2.18. The second-order valence-corrected chi connectivity index (χ2v) is 5.79. The van der Waals surface area contributed by atoms with Crippen molar-refractivity contribution in [2.24, 2.45) is 0 Å². The van der Waals surface area contributed by atoms with E-state index in [1.807, 2.05) is 18.2 Å². The third-order valence-corrected chi connectivity index (χ3v) is 4.14. The first kappa shape index (κ1) is 14.3. The molecule has 1 aliphatic heterocycles. The third-order valence-electron chi connectivity index (χ3n) is 4.14. The molecule has 4 nitrogen and oxygen atoms in total. The largest absolute Gasteiger partial charge is 0.448 e. The second-order valence-electron chi connectivity index (χ2n) is 5.79. The fraction of sp³-hybridized carbons (Fsp3) is 0.471. The molecule has 1 saturated heterocycles. The van der Waals surface area contributed by atoms with Gasteiger partial charge in [-0.3, -0.25) is 4.90 Å². The first-order valence-electron chi connectivity index (χ1n) is 7.69. The Morgan fingerprint density at radius 3 is 2.76 bits per heavy atom. The molecule has 1 aromatic heterocycles. The molecule has 1 fully saturated rings. The normalized spacial score (nSPS) is 16.5. The van der Waals surface area contributed by atoms with Gasteiger partial charge in [-0.1, -0.05) is 30.3 Å². The van der Waals surface area contributed by atoms with Crippen molar-refractivity contribution in [1.29, 1.82) is 0 Å². The van der Waals surface area contributed by atoms with Crippen molar-refractivity contribution in [2.45, 2.75) is 31.8 Å². The molecule has 0 aliphatic carbocycles. The molecule has 0 saturated carbocycles. The molecule has 1 aliphatic rings. The van der Waals surface area contributed by atoms with Crippen molar-refractivity contribution >= 4 is 0 Å². The van der Waals surface area contributed by atoms with E-state index in [1.165, 1.54) is 18.4 Å². The molecule has 0 amide bonds. The van der Waals surface area contributed by atoms with Gasteiger partial charge in [-0.15, -0.1) is 0 Å². The first-order valence-corrected chi connectivity index (χ1v) is 7.69. The number of nitrogens with one attached hydrogen (secondary N) is 1. The zero-order valence-corrected chi connectivity index (χ0v) is 12.6. The highest BCUT2D eigenvalue weighted by Gasteiger charge is 2.18. The van der Waals surface area contributed by atoms with E-state index in [-0.39, 0.29) is 0 Å². The molecule has 0 bridgehead atoms. The molecule has 2 aromatic rings. The molecule has 21 heavy (non-hydrogen) atoms. The zero-order valence-electron chi connectivity index (χ0n) is 12.6. The summed E-state index contributed by atoms with van der Waals surface area (Å²) in [4.78, 5) is 7.01. The van der Waals surface area contributed by atoms with E-state index in [2.05, 4.69) is 34.4 Å². The van der Waals surface area contributed by atoms with E-state index in [0.717, 1.165) is 37.6 Å². The Morgan fingerprint density at radius 2 is 2.00 bits per heavy atom. The van der Waals surface area contributed by atoms with Crippen molar-refractivity contribution in [3.63, 3.8) is 0 Å². The summed E-state index contributed by atoms with van der Waals surface area (Å²) in [6, 6.07) is 11.0. The van der Waals surface area contributed by atoms with Gasteiger partial charge in [0.2, 0.25) is 0 Å². The number of rotatable bonds is 5. The Labute approximate surface area is 126 Å². The third kappa shape index (κ3) is 3.93. The molecule has 0 spiro atoms. The van der Waals surface area contributed by atoms with Gasteiger partial charge in [0.15, 0.2) is 5.89 Å². The van der Waals surface area contributed by atoms with Gasteiger partial charge < -0.3 is 9.73 Å². The molecule has 0 radical (unpaired) electrons. The lowest BCUT2D eigenvalue weighted by atomic mass is 10.1. The highest BCUT2D eigenvalue weighted by molar-refractivity contribution is 5.18. The molecular weight excluding hydrogens is 262 g/mol. The Morgan fingerprint density at radius 1 is 1.24 bits per heavy atom. The standard InChI is InChI=1S/C17H23N3O/c1-20(16-7-9-18-10-8-16)12-15-13-21-17(19-15)11-14-5-3-2-4-6-14/h2-6,13,16,18H,7-12H2,1H3. The molecule has 1 aromatic carbocycles. The van der Waals surface area contributed by atoms with Crippen LogP contribution in [0.5, 0.6) is 0 Å². The van der Waals surface area contributed by atoms with E-state index in [0.29, 0.717) is 6.04 Å². The van der Waals surface area contributed by atoms with Crippen LogP contribution >= 0.6 is 0 Å². The fourth-order valence-corrected chi connectivity index (χ4v) is 2.91. The molecule has 0 atom stereocenters. The lowest BCUT2D eigenvalue weighted by molar-refractivity contribution is 0.190. The predicted octanol–water partition coefficient (Wildman–Crippen LogP) is 2.45. The summed E-state index contributed by atoms with van der Waals surface area (Å²) in [6.07, 6.45) is 4.99. The van der Waals surface area contributed by atoms with Crippen molar-refractivity contribution < 1.29 is 4.42 Å².